The number of thiophene rings is 1. The Bertz CT molecular complexity index is 1160. The average molecular weight is 396 g/mol. The van der Waals surface area contributed by atoms with Crippen LogP contribution in [0, 0.1) is 0 Å². The summed E-state index contributed by atoms with van der Waals surface area (Å²) in [6, 6.07) is 14.6. The second kappa shape index (κ2) is 6.64. The molecule has 2 atom stereocenters. The maximum absolute atomic E-state index is 6.23. The van der Waals surface area contributed by atoms with Crippen LogP contribution in [0.1, 0.15) is 24.0 Å². The average Bonchev–Trinajstić information content (AvgIpc) is 3.41. The van der Waals surface area contributed by atoms with Gasteiger partial charge in [-0.15, -0.1) is 16.5 Å². The first-order valence-electron chi connectivity index (χ1n) is 8.84. The second-order valence-electron chi connectivity index (χ2n) is 6.84. The van der Waals surface area contributed by atoms with Gasteiger partial charge in [0.2, 0.25) is 0 Å². The van der Waals surface area contributed by atoms with Crippen molar-refractivity contribution in [3.63, 3.8) is 0 Å². The Morgan fingerprint density at radius 2 is 2.11 bits per heavy atom. The van der Waals surface area contributed by atoms with Gasteiger partial charge < -0.3 is 4.57 Å². The fourth-order valence-electron chi connectivity index (χ4n) is 3.74. The molecular formula is C20H18ClN5S. The molecule has 2 aromatic heterocycles. The Kier molecular flexibility index (Phi) is 4.11. The molecule has 4 aromatic rings. The highest BCUT2D eigenvalue weighted by molar-refractivity contribution is 7.17. The minimum absolute atomic E-state index is 0.0648. The molecule has 5 rings (SSSR count). The van der Waals surface area contributed by atoms with E-state index in [1.165, 1.54) is 32.1 Å². The fraction of sp³-hybridized carbons (Fsp3) is 0.200. The van der Waals surface area contributed by atoms with Gasteiger partial charge in [0.05, 0.1) is 0 Å². The second-order valence-corrected chi connectivity index (χ2v) is 8.18. The van der Waals surface area contributed by atoms with E-state index in [4.69, 9.17) is 11.6 Å². The minimum atomic E-state index is -0.0648. The first-order chi connectivity index (χ1) is 13.2. The highest BCUT2D eigenvalue weighted by Crippen LogP contribution is 2.33. The van der Waals surface area contributed by atoms with Crippen molar-refractivity contribution in [2.24, 2.45) is 10.3 Å². The minimum Gasteiger partial charge on any atom is -0.343 e. The van der Waals surface area contributed by atoms with Crippen molar-refractivity contribution in [2.75, 3.05) is 0 Å². The highest BCUT2D eigenvalue weighted by Gasteiger charge is 2.24. The lowest BCUT2D eigenvalue weighted by molar-refractivity contribution is 0.473. The molecule has 5 nitrogen and oxygen atoms in total. The molecule has 0 spiro atoms. The summed E-state index contributed by atoms with van der Waals surface area (Å²) in [5, 5.41) is 13.6. The Morgan fingerprint density at radius 1 is 1.22 bits per heavy atom. The number of para-hydroxylation sites is 1. The number of nitrogens with one attached hydrogen (secondary N) is 2. The van der Waals surface area contributed by atoms with E-state index in [0.29, 0.717) is 0 Å². The summed E-state index contributed by atoms with van der Waals surface area (Å²) in [6.07, 6.45) is 2.18. The van der Waals surface area contributed by atoms with E-state index in [2.05, 4.69) is 80.8 Å². The number of nitrogens with zero attached hydrogens (tertiary/aromatic N) is 3. The van der Waals surface area contributed by atoms with Crippen molar-refractivity contribution in [1.82, 2.24) is 15.5 Å². The van der Waals surface area contributed by atoms with Crippen molar-refractivity contribution < 1.29 is 0 Å². The molecule has 0 bridgehead atoms. The van der Waals surface area contributed by atoms with E-state index in [9.17, 15) is 0 Å². The number of halogens is 1. The summed E-state index contributed by atoms with van der Waals surface area (Å²) in [5.41, 5.74) is 9.61. The quantitative estimate of drug-likeness (QED) is 0.482. The molecular weight excluding hydrogens is 378 g/mol. The number of hydrazine groups is 1. The molecule has 0 amide bonds. The summed E-state index contributed by atoms with van der Waals surface area (Å²) in [4.78, 5) is 0. The number of fused-ring (bicyclic) bond motifs is 2. The van der Waals surface area contributed by atoms with Gasteiger partial charge >= 0.3 is 0 Å². The number of rotatable bonds is 4. The molecule has 136 valence electrons. The van der Waals surface area contributed by atoms with E-state index in [-0.39, 0.29) is 12.1 Å². The first-order valence-corrected chi connectivity index (χ1v) is 10.1. The molecule has 7 heteroatoms. The van der Waals surface area contributed by atoms with Crippen LogP contribution in [0.5, 0.6) is 0 Å². The van der Waals surface area contributed by atoms with Gasteiger partial charge in [-0.25, -0.2) is 5.53 Å². The number of hydrogen-bond acceptors (Lipinski definition) is 5. The molecule has 0 aliphatic carbocycles. The molecule has 0 saturated carbocycles. The number of hydrogen-bond donors (Lipinski definition) is 2. The van der Waals surface area contributed by atoms with Gasteiger partial charge in [-0.2, -0.15) is 5.43 Å². The zero-order chi connectivity index (χ0) is 18.4. The highest BCUT2D eigenvalue weighted by atomic mass is 35.5. The summed E-state index contributed by atoms with van der Waals surface area (Å²) in [7, 11) is 0. The summed E-state index contributed by atoms with van der Waals surface area (Å²) in [6.45, 7) is 2.99. The number of aromatic nitrogens is 1. The van der Waals surface area contributed by atoms with Crippen LogP contribution in [0.15, 0.2) is 64.4 Å². The Morgan fingerprint density at radius 3 is 2.96 bits per heavy atom. The van der Waals surface area contributed by atoms with Crippen molar-refractivity contribution in [3.05, 3.63) is 70.2 Å². The number of benzene rings is 2. The van der Waals surface area contributed by atoms with E-state index >= 15 is 0 Å². The third-order valence-electron chi connectivity index (χ3n) is 5.18. The standard InChI is InChI=1S/C20H18ClN5S/c1-12(20-22-24-25-23-20)17-10-26(18-5-3-2-4-15(17)18)9-13-11-27-19-7-6-14(21)8-16(13)19/h2-8,10-12,20H,9H2,1H3,(H,22,25)(H,23,24). The lowest BCUT2D eigenvalue weighted by Gasteiger charge is -2.14. The summed E-state index contributed by atoms with van der Waals surface area (Å²) >= 11 is 7.99. The molecule has 0 radical (unpaired) electrons. The van der Waals surface area contributed by atoms with Crippen molar-refractivity contribution in [3.8, 4) is 0 Å². The van der Waals surface area contributed by atoms with Crippen LogP contribution in [-0.2, 0) is 6.54 Å². The molecule has 1 aliphatic rings. The van der Waals surface area contributed by atoms with E-state index in [1.807, 2.05) is 6.07 Å². The van der Waals surface area contributed by atoms with Crippen LogP contribution in [0.2, 0.25) is 5.02 Å². The molecule has 0 saturated heterocycles. The van der Waals surface area contributed by atoms with Crippen LogP contribution in [0.3, 0.4) is 0 Å². The van der Waals surface area contributed by atoms with Gasteiger partial charge in [-0.3, -0.25) is 0 Å². The van der Waals surface area contributed by atoms with Gasteiger partial charge in [0.25, 0.3) is 0 Å². The van der Waals surface area contributed by atoms with Gasteiger partial charge in [0.15, 0.2) is 0 Å². The van der Waals surface area contributed by atoms with Crippen molar-refractivity contribution in [2.45, 2.75) is 25.6 Å². The van der Waals surface area contributed by atoms with Crippen molar-refractivity contribution >= 4 is 43.9 Å². The zero-order valence-corrected chi connectivity index (χ0v) is 16.3. The summed E-state index contributed by atoms with van der Waals surface area (Å²) in [5.74, 6) is 0.198. The topological polar surface area (TPSA) is 53.7 Å². The Hall–Kier alpha value is -2.41. The third-order valence-corrected chi connectivity index (χ3v) is 6.43. The third kappa shape index (κ3) is 2.90. The smallest absolute Gasteiger partial charge is 0.147 e. The molecule has 1 aliphatic heterocycles. The maximum atomic E-state index is 6.23. The van der Waals surface area contributed by atoms with Gasteiger partial charge in [-0.05, 0) is 46.2 Å². The molecule has 2 aromatic carbocycles. The van der Waals surface area contributed by atoms with Crippen molar-refractivity contribution in [1.29, 1.82) is 0 Å². The normalized spacial score (nSPS) is 17.6. The van der Waals surface area contributed by atoms with Crippen LogP contribution < -0.4 is 11.0 Å². The SMILES string of the molecule is CC(c1cn(Cc2csc3ccc(Cl)cc23)c2ccccc12)C1N=NNN1. The first kappa shape index (κ1) is 16.7. The van der Waals surface area contributed by atoms with Crippen LogP contribution in [-0.4, -0.2) is 10.7 Å². The fourth-order valence-corrected chi connectivity index (χ4v) is 4.85. The van der Waals surface area contributed by atoms with Crippen LogP contribution in [0.4, 0.5) is 0 Å². The summed E-state index contributed by atoms with van der Waals surface area (Å²) < 4.78 is 3.59. The largest absolute Gasteiger partial charge is 0.343 e. The molecule has 0 fully saturated rings. The van der Waals surface area contributed by atoms with Gasteiger partial charge in [-0.1, -0.05) is 41.9 Å². The zero-order valence-electron chi connectivity index (χ0n) is 14.7. The molecule has 3 heterocycles. The Balaban J connectivity index is 1.58. The molecule has 27 heavy (non-hydrogen) atoms. The predicted octanol–water partition coefficient (Wildman–Crippen LogP) is 5.46. The lowest BCUT2D eigenvalue weighted by Crippen LogP contribution is -2.33. The van der Waals surface area contributed by atoms with Crippen LogP contribution >= 0.6 is 22.9 Å². The van der Waals surface area contributed by atoms with Gasteiger partial charge in [0.1, 0.15) is 6.17 Å². The maximum Gasteiger partial charge on any atom is 0.147 e. The molecule has 2 N–H and O–H groups in total. The van der Waals surface area contributed by atoms with E-state index < -0.39 is 0 Å². The van der Waals surface area contributed by atoms with Gasteiger partial charge in [0, 0.05) is 39.3 Å². The Labute approximate surface area is 165 Å². The lowest BCUT2D eigenvalue weighted by atomic mass is 9.98. The van der Waals surface area contributed by atoms with E-state index in [0.717, 1.165) is 11.6 Å². The monoisotopic (exact) mass is 395 g/mol. The predicted molar refractivity (Wildman–Crippen MR) is 111 cm³/mol. The van der Waals surface area contributed by atoms with E-state index in [1.54, 1.807) is 11.3 Å². The molecule has 2 unspecified atom stereocenters. The van der Waals surface area contributed by atoms with Crippen LogP contribution in [0.25, 0.3) is 21.0 Å².